The Morgan fingerprint density at radius 2 is 1.55 bits per heavy atom. The van der Waals surface area contributed by atoms with Gasteiger partial charge < -0.3 is 9.47 Å². The first-order chi connectivity index (χ1) is 9.72. The zero-order valence-corrected chi connectivity index (χ0v) is 12.0. The van der Waals surface area contributed by atoms with Crippen LogP contribution in [0.2, 0.25) is 0 Å². The molecule has 0 unspecified atom stereocenters. The lowest BCUT2D eigenvalue weighted by Crippen LogP contribution is -2.12. The van der Waals surface area contributed by atoms with E-state index in [9.17, 15) is 9.59 Å². The van der Waals surface area contributed by atoms with Crippen molar-refractivity contribution in [1.29, 1.82) is 0 Å². The molecule has 0 aliphatic carbocycles. The molecule has 0 fully saturated rings. The summed E-state index contributed by atoms with van der Waals surface area (Å²) in [5, 5.41) is 0. The maximum atomic E-state index is 11.4. The summed E-state index contributed by atoms with van der Waals surface area (Å²) >= 11 is 0. The van der Waals surface area contributed by atoms with E-state index >= 15 is 0 Å². The van der Waals surface area contributed by atoms with Crippen molar-refractivity contribution in [2.75, 3.05) is 13.2 Å². The van der Waals surface area contributed by atoms with Gasteiger partial charge in [0.1, 0.15) is 0 Å². The second kappa shape index (κ2) is 10.0. The van der Waals surface area contributed by atoms with E-state index < -0.39 is 0 Å². The molecule has 0 aliphatic rings. The summed E-state index contributed by atoms with van der Waals surface area (Å²) in [5.74, 6) is -0.688. The predicted molar refractivity (Wildman–Crippen MR) is 76.2 cm³/mol. The van der Waals surface area contributed by atoms with E-state index in [1.54, 1.807) is 0 Å². The third-order valence-electron chi connectivity index (χ3n) is 2.79. The molecule has 4 heteroatoms. The number of carbonyl (C=O) groups excluding carboxylic acids is 2. The first-order valence-electron chi connectivity index (χ1n) is 7.07. The minimum Gasteiger partial charge on any atom is -0.466 e. The largest absolute Gasteiger partial charge is 0.466 e. The number of ether oxygens (including phenoxy) is 2. The van der Waals surface area contributed by atoms with Gasteiger partial charge in [0.15, 0.2) is 0 Å². The van der Waals surface area contributed by atoms with Crippen LogP contribution >= 0.6 is 0 Å². The maximum Gasteiger partial charge on any atom is 0.306 e. The predicted octanol–water partition coefficient (Wildman–Crippen LogP) is 2.90. The summed E-state index contributed by atoms with van der Waals surface area (Å²) < 4.78 is 10.0. The van der Waals surface area contributed by atoms with Crippen LogP contribution in [0.15, 0.2) is 30.3 Å². The van der Waals surface area contributed by atoms with Crippen LogP contribution < -0.4 is 0 Å². The van der Waals surface area contributed by atoms with Gasteiger partial charge in [-0.3, -0.25) is 9.59 Å². The molecule has 4 nitrogen and oxygen atoms in total. The van der Waals surface area contributed by atoms with Gasteiger partial charge in [-0.15, -0.1) is 0 Å². The van der Waals surface area contributed by atoms with E-state index in [-0.39, 0.29) is 24.8 Å². The van der Waals surface area contributed by atoms with E-state index in [0.29, 0.717) is 19.6 Å². The first-order valence-corrected chi connectivity index (χ1v) is 7.07. The summed E-state index contributed by atoms with van der Waals surface area (Å²) in [7, 11) is 0. The Balaban J connectivity index is 2.07. The third kappa shape index (κ3) is 7.56. The standard InChI is InChI=1S/C16H22O4/c1-2-3-12-19-15(17)9-10-16(18)20-13-11-14-7-5-4-6-8-14/h4-8H,2-3,9-13H2,1H3. The number of benzene rings is 1. The van der Waals surface area contributed by atoms with Gasteiger partial charge in [0.25, 0.3) is 0 Å². The van der Waals surface area contributed by atoms with E-state index in [1.165, 1.54) is 0 Å². The summed E-state index contributed by atoms with van der Waals surface area (Å²) in [6.45, 7) is 2.80. The second-order valence-electron chi connectivity index (χ2n) is 4.53. The second-order valence-corrected chi connectivity index (χ2v) is 4.53. The number of rotatable bonds is 9. The lowest BCUT2D eigenvalue weighted by Gasteiger charge is -2.05. The summed E-state index contributed by atoms with van der Waals surface area (Å²) in [6, 6.07) is 9.81. The van der Waals surface area contributed by atoms with Gasteiger partial charge in [0, 0.05) is 6.42 Å². The Kier molecular flexibility index (Phi) is 8.11. The molecular weight excluding hydrogens is 256 g/mol. The summed E-state index contributed by atoms with van der Waals surface area (Å²) in [6.07, 6.45) is 2.70. The molecule has 0 saturated heterocycles. The van der Waals surface area contributed by atoms with Gasteiger partial charge in [-0.1, -0.05) is 43.7 Å². The van der Waals surface area contributed by atoms with Gasteiger partial charge in [-0.05, 0) is 12.0 Å². The van der Waals surface area contributed by atoms with Gasteiger partial charge in [-0.2, -0.15) is 0 Å². The van der Waals surface area contributed by atoms with Crippen molar-refractivity contribution >= 4 is 11.9 Å². The van der Waals surface area contributed by atoms with Crippen LogP contribution in [0.4, 0.5) is 0 Å². The molecule has 0 N–H and O–H groups in total. The lowest BCUT2D eigenvalue weighted by atomic mass is 10.2. The molecule has 0 aliphatic heterocycles. The number of hydrogen-bond donors (Lipinski definition) is 0. The van der Waals surface area contributed by atoms with Crippen LogP contribution in [0.5, 0.6) is 0 Å². The molecular formula is C16H22O4. The fourth-order valence-electron chi connectivity index (χ4n) is 1.61. The minimum atomic E-state index is -0.353. The Bertz CT molecular complexity index is 400. The topological polar surface area (TPSA) is 52.6 Å². The smallest absolute Gasteiger partial charge is 0.306 e. The fourth-order valence-corrected chi connectivity index (χ4v) is 1.61. The Morgan fingerprint density at radius 3 is 2.15 bits per heavy atom. The highest BCUT2D eigenvalue weighted by atomic mass is 16.5. The van der Waals surface area contributed by atoms with E-state index in [2.05, 4.69) is 0 Å². The van der Waals surface area contributed by atoms with Crippen LogP contribution in [-0.4, -0.2) is 25.2 Å². The van der Waals surface area contributed by atoms with Gasteiger partial charge in [-0.25, -0.2) is 0 Å². The van der Waals surface area contributed by atoms with Crippen LogP contribution in [0, 0.1) is 0 Å². The third-order valence-corrected chi connectivity index (χ3v) is 2.79. The number of carbonyl (C=O) groups is 2. The SMILES string of the molecule is CCCCOC(=O)CCC(=O)OCCc1ccccc1. The van der Waals surface area contributed by atoms with Crippen molar-refractivity contribution in [3.05, 3.63) is 35.9 Å². The molecule has 0 bridgehead atoms. The van der Waals surface area contributed by atoms with Crippen LogP contribution in [0.3, 0.4) is 0 Å². The molecule has 110 valence electrons. The van der Waals surface area contributed by atoms with Crippen molar-refractivity contribution in [3.8, 4) is 0 Å². The molecule has 1 rings (SSSR count). The van der Waals surface area contributed by atoms with Crippen molar-refractivity contribution in [2.24, 2.45) is 0 Å². The van der Waals surface area contributed by atoms with Gasteiger partial charge in [0.05, 0.1) is 26.1 Å². The van der Waals surface area contributed by atoms with E-state index in [4.69, 9.17) is 9.47 Å². The highest BCUT2D eigenvalue weighted by Gasteiger charge is 2.08. The Labute approximate surface area is 120 Å². The molecule has 0 radical (unpaired) electrons. The van der Waals surface area contributed by atoms with Crippen molar-refractivity contribution < 1.29 is 19.1 Å². The molecule has 1 aromatic carbocycles. The van der Waals surface area contributed by atoms with Crippen molar-refractivity contribution in [1.82, 2.24) is 0 Å². The normalized spacial score (nSPS) is 10.1. The zero-order valence-electron chi connectivity index (χ0n) is 12.0. The number of esters is 2. The van der Waals surface area contributed by atoms with Crippen LogP contribution in [0.25, 0.3) is 0 Å². The van der Waals surface area contributed by atoms with Crippen LogP contribution in [0.1, 0.15) is 38.2 Å². The molecule has 0 amide bonds. The Hall–Kier alpha value is -1.84. The average molecular weight is 278 g/mol. The summed E-state index contributed by atoms with van der Waals surface area (Å²) in [4.78, 5) is 22.7. The van der Waals surface area contributed by atoms with Crippen molar-refractivity contribution in [3.63, 3.8) is 0 Å². The molecule has 0 atom stereocenters. The van der Waals surface area contributed by atoms with Crippen molar-refractivity contribution in [2.45, 2.75) is 39.0 Å². The van der Waals surface area contributed by atoms with E-state index in [1.807, 2.05) is 37.3 Å². The molecule has 20 heavy (non-hydrogen) atoms. The van der Waals surface area contributed by atoms with Crippen LogP contribution in [-0.2, 0) is 25.5 Å². The molecule has 0 spiro atoms. The number of unbranched alkanes of at least 4 members (excludes halogenated alkanes) is 1. The van der Waals surface area contributed by atoms with Gasteiger partial charge >= 0.3 is 11.9 Å². The fraction of sp³-hybridized carbons (Fsp3) is 0.500. The quantitative estimate of drug-likeness (QED) is 0.515. The molecule has 0 heterocycles. The monoisotopic (exact) mass is 278 g/mol. The van der Waals surface area contributed by atoms with Gasteiger partial charge in [0.2, 0.25) is 0 Å². The van der Waals surface area contributed by atoms with E-state index in [0.717, 1.165) is 18.4 Å². The molecule has 0 aromatic heterocycles. The lowest BCUT2D eigenvalue weighted by molar-refractivity contribution is -0.150. The first kappa shape index (κ1) is 16.2. The Morgan fingerprint density at radius 1 is 0.950 bits per heavy atom. The zero-order chi connectivity index (χ0) is 14.6. The maximum absolute atomic E-state index is 11.4. The average Bonchev–Trinajstić information content (AvgIpc) is 2.46. The minimum absolute atomic E-state index is 0.0831. The summed E-state index contributed by atoms with van der Waals surface area (Å²) in [5.41, 5.74) is 1.12. The highest BCUT2D eigenvalue weighted by molar-refractivity contribution is 5.77. The molecule has 0 saturated carbocycles. The molecule has 1 aromatic rings. The highest BCUT2D eigenvalue weighted by Crippen LogP contribution is 2.02. The number of hydrogen-bond acceptors (Lipinski definition) is 4.